The van der Waals surface area contributed by atoms with Crippen molar-refractivity contribution in [3.05, 3.63) is 194 Å². The molecule has 5 aromatic carbocycles. The van der Waals surface area contributed by atoms with Gasteiger partial charge < -0.3 is 47.7 Å². The molecule has 3 aliphatic rings. The van der Waals surface area contributed by atoms with E-state index in [1.165, 1.54) is 12.1 Å². The molecule has 3 aliphatic heterocycles. The average molecular weight is 875 g/mol. The molecule has 0 aromatic heterocycles. The molecule has 334 valence electrons. The summed E-state index contributed by atoms with van der Waals surface area (Å²) in [6.07, 6.45) is -7.91. The molecule has 64 heavy (non-hydrogen) atoms. The van der Waals surface area contributed by atoms with Crippen LogP contribution in [0.1, 0.15) is 34.1 Å². The van der Waals surface area contributed by atoms with Gasteiger partial charge in [-0.2, -0.15) is 0 Å². The van der Waals surface area contributed by atoms with Crippen LogP contribution in [0.15, 0.2) is 151 Å². The maximum Gasteiger partial charge on any atom is 0.269 e. The predicted octanol–water partition coefficient (Wildman–Crippen LogP) is 7.53. The molecular formula is C48H50N4O12. The monoisotopic (exact) mass is 874 g/mol. The minimum Gasteiger partial charge on any atom is -0.385 e. The number of benzene rings is 5. The minimum atomic E-state index is -1.94. The number of nitro groups is 1. The molecule has 8 rings (SSSR count). The summed E-state index contributed by atoms with van der Waals surface area (Å²) in [6.45, 7) is 0.441. The van der Waals surface area contributed by atoms with Gasteiger partial charge in [-0.05, 0) is 34.2 Å². The van der Waals surface area contributed by atoms with Gasteiger partial charge in [-0.15, -0.1) is 0 Å². The Morgan fingerprint density at radius 3 is 1.98 bits per heavy atom. The Hall–Kier alpha value is -5.59. The van der Waals surface area contributed by atoms with Gasteiger partial charge in [0.2, 0.25) is 5.79 Å². The van der Waals surface area contributed by atoms with Crippen molar-refractivity contribution < 1.29 is 52.7 Å². The first-order chi connectivity index (χ1) is 31.4. The standard InChI is InChI=1S/C48H50N4O12/c49-51-50-41-44(42-39(31-60-46(62-42)37-19-11-4-12-20-37)61-47(41)58-26-25-33-21-23-38(24-22-33)52(54)55)64-48(32-57-28-35-15-7-2-8-16-35)45(53)43(59-29-36-17-9-3-10-18-36)40(63-48)30-56-27-34-13-5-1-6-14-34/h1-24,39-47,53H,25-32H2/t39-,40-,41+,42-,43-,44-,45?,46?,47-,48+/m1/s1. The van der Waals surface area contributed by atoms with Gasteiger partial charge in [-0.25, -0.2) is 0 Å². The van der Waals surface area contributed by atoms with Crippen molar-refractivity contribution in [1.82, 2.24) is 0 Å². The highest BCUT2D eigenvalue weighted by molar-refractivity contribution is 5.33. The molecule has 16 nitrogen and oxygen atoms in total. The van der Waals surface area contributed by atoms with E-state index in [-0.39, 0.29) is 51.9 Å². The number of aliphatic hydroxyl groups is 1. The Bertz CT molecular complexity index is 2260. The van der Waals surface area contributed by atoms with E-state index in [2.05, 4.69) is 10.0 Å². The maximum absolute atomic E-state index is 12.6. The third-order valence-corrected chi connectivity index (χ3v) is 11.3. The van der Waals surface area contributed by atoms with E-state index in [4.69, 9.17) is 42.6 Å². The third kappa shape index (κ3) is 11.2. The molecule has 3 saturated heterocycles. The molecule has 3 heterocycles. The smallest absolute Gasteiger partial charge is 0.269 e. The summed E-state index contributed by atoms with van der Waals surface area (Å²) in [6, 6.07) is 43.1. The summed E-state index contributed by atoms with van der Waals surface area (Å²) < 4.78 is 58.7. The van der Waals surface area contributed by atoms with Gasteiger partial charge in [-0.1, -0.05) is 139 Å². The van der Waals surface area contributed by atoms with Gasteiger partial charge in [0.15, 0.2) is 12.6 Å². The van der Waals surface area contributed by atoms with Crippen LogP contribution >= 0.6 is 0 Å². The van der Waals surface area contributed by atoms with Crippen LogP contribution in [0.25, 0.3) is 10.4 Å². The van der Waals surface area contributed by atoms with Crippen LogP contribution in [0, 0.1) is 10.1 Å². The number of azide groups is 1. The summed E-state index contributed by atoms with van der Waals surface area (Å²) in [4.78, 5) is 14.0. The fourth-order valence-electron chi connectivity index (χ4n) is 8.05. The molecule has 0 bridgehead atoms. The highest BCUT2D eigenvalue weighted by Gasteiger charge is 2.61. The molecule has 1 N–H and O–H groups in total. The highest BCUT2D eigenvalue weighted by atomic mass is 16.8. The Morgan fingerprint density at radius 2 is 1.36 bits per heavy atom. The van der Waals surface area contributed by atoms with Crippen molar-refractivity contribution in [1.29, 1.82) is 0 Å². The van der Waals surface area contributed by atoms with E-state index < -0.39 is 66.0 Å². The van der Waals surface area contributed by atoms with Crippen molar-refractivity contribution in [3.63, 3.8) is 0 Å². The van der Waals surface area contributed by atoms with E-state index in [0.29, 0.717) is 6.42 Å². The highest BCUT2D eigenvalue weighted by Crippen LogP contribution is 2.43. The van der Waals surface area contributed by atoms with Gasteiger partial charge >= 0.3 is 0 Å². The van der Waals surface area contributed by atoms with Crippen LogP contribution in [0.4, 0.5) is 5.69 Å². The van der Waals surface area contributed by atoms with Crippen LogP contribution in [-0.2, 0) is 68.9 Å². The van der Waals surface area contributed by atoms with Crippen LogP contribution < -0.4 is 0 Å². The second kappa shape index (κ2) is 21.9. The zero-order valence-corrected chi connectivity index (χ0v) is 34.9. The summed E-state index contributed by atoms with van der Waals surface area (Å²) >= 11 is 0. The first kappa shape index (κ1) is 45.0. The fourth-order valence-corrected chi connectivity index (χ4v) is 8.05. The Balaban J connectivity index is 1.12. The largest absolute Gasteiger partial charge is 0.385 e. The van der Waals surface area contributed by atoms with Crippen molar-refractivity contribution in [2.45, 2.75) is 87.3 Å². The number of ether oxygens (including phenoxy) is 9. The number of rotatable bonds is 20. The molecule has 16 heteroatoms. The number of nitro benzene ring substituents is 1. The summed E-state index contributed by atoms with van der Waals surface area (Å²) in [5.41, 5.74) is 14.3. The molecular weight excluding hydrogens is 825 g/mol. The number of non-ortho nitro benzene ring substituents is 1. The van der Waals surface area contributed by atoms with E-state index >= 15 is 0 Å². The Labute approximate surface area is 370 Å². The second-order valence-corrected chi connectivity index (χ2v) is 15.7. The van der Waals surface area contributed by atoms with Crippen LogP contribution in [0.5, 0.6) is 0 Å². The van der Waals surface area contributed by atoms with Crippen molar-refractivity contribution in [3.8, 4) is 0 Å². The average Bonchev–Trinajstić information content (AvgIpc) is 3.59. The van der Waals surface area contributed by atoms with E-state index in [1.54, 1.807) is 12.1 Å². The number of hydrogen-bond acceptors (Lipinski definition) is 13. The zero-order valence-electron chi connectivity index (χ0n) is 34.9. The number of hydrogen-bond donors (Lipinski definition) is 1. The maximum atomic E-state index is 12.6. The normalized spacial score (nSPS) is 27.6. The fraction of sp³-hybridized carbons (Fsp3) is 0.375. The van der Waals surface area contributed by atoms with E-state index in [9.17, 15) is 20.8 Å². The van der Waals surface area contributed by atoms with Crippen molar-refractivity contribution in [2.75, 3.05) is 26.4 Å². The lowest BCUT2D eigenvalue weighted by Crippen LogP contribution is -2.65. The molecule has 0 aliphatic carbocycles. The summed E-state index contributed by atoms with van der Waals surface area (Å²) in [7, 11) is 0. The lowest BCUT2D eigenvalue weighted by Gasteiger charge is -2.50. The van der Waals surface area contributed by atoms with Crippen LogP contribution in [0.2, 0.25) is 0 Å². The molecule has 10 atom stereocenters. The summed E-state index contributed by atoms with van der Waals surface area (Å²) in [5, 5.41) is 28.1. The van der Waals surface area contributed by atoms with Crippen LogP contribution in [0.3, 0.4) is 0 Å². The van der Waals surface area contributed by atoms with Gasteiger partial charge in [-0.3, -0.25) is 10.1 Å². The lowest BCUT2D eigenvalue weighted by atomic mass is 9.94. The SMILES string of the molecule is [N-]=[N+]=N[C@@H]1[C@H](OCCc2ccc([N+](=O)[O-])cc2)O[C@@H]2COC(c3ccccc3)O[C@H]2[C@@H]1O[C@]1(COCc2ccccc2)O[C@H](COCc2ccccc2)[C@@H](OCc2ccccc2)C1O. The zero-order chi connectivity index (χ0) is 44.1. The van der Waals surface area contributed by atoms with Gasteiger partial charge in [0.05, 0.1) is 44.6 Å². The third-order valence-electron chi connectivity index (χ3n) is 11.3. The summed E-state index contributed by atoms with van der Waals surface area (Å²) in [5.74, 6) is -1.94. The molecule has 0 radical (unpaired) electrons. The lowest BCUT2D eigenvalue weighted by molar-refractivity contribution is -0.384. The van der Waals surface area contributed by atoms with E-state index in [1.807, 2.05) is 121 Å². The quantitative estimate of drug-likeness (QED) is 0.0266. The van der Waals surface area contributed by atoms with Gasteiger partial charge in [0.25, 0.3) is 5.69 Å². The first-order valence-corrected chi connectivity index (χ1v) is 21.2. The van der Waals surface area contributed by atoms with Gasteiger partial charge in [0, 0.05) is 22.6 Å². The Morgan fingerprint density at radius 1 is 0.750 bits per heavy atom. The number of fused-ring (bicyclic) bond motifs is 1. The van der Waals surface area contributed by atoms with Crippen molar-refractivity contribution in [2.24, 2.45) is 5.11 Å². The second-order valence-electron chi connectivity index (χ2n) is 15.7. The number of nitrogens with zero attached hydrogens (tertiary/aromatic N) is 4. The topological polar surface area (TPSA) is 195 Å². The number of aliphatic hydroxyl groups excluding tert-OH is 1. The Kier molecular flexibility index (Phi) is 15.4. The van der Waals surface area contributed by atoms with Crippen LogP contribution in [-0.4, -0.2) is 91.2 Å². The molecule has 5 aromatic rings. The van der Waals surface area contributed by atoms with Crippen molar-refractivity contribution >= 4 is 5.69 Å². The predicted molar refractivity (Wildman–Crippen MR) is 230 cm³/mol. The molecule has 0 spiro atoms. The molecule has 0 saturated carbocycles. The molecule has 0 amide bonds. The van der Waals surface area contributed by atoms with Gasteiger partial charge in [0.1, 0.15) is 49.3 Å². The van der Waals surface area contributed by atoms with E-state index in [0.717, 1.165) is 27.8 Å². The molecule has 2 unspecified atom stereocenters. The first-order valence-electron chi connectivity index (χ1n) is 21.2. The molecule has 3 fully saturated rings. The minimum absolute atomic E-state index is 0.0175.